The summed E-state index contributed by atoms with van der Waals surface area (Å²) in [4.78, 5) is 9.55. The van der Waals surface area contributed by atoms with E-state index >= 15 is 0 Å². The Kier molecular flexibility index (Phi) is 11.2. The summed E-state index contributed by atoms with van der Waals surface area (Å²) in [6.07, 6.45) is 0. The smallest absolute Gasteiger partial charge is 0.193 e. The number of hydrogen-bond acceptors (Lipinski definition) is 3. The largest absolute Gasteiger partial charge is 0.379 e. The van der Waals surface area contributed by atoms with Gasteiger partial charge in [0.05, 0.1) is 13.2 Å². The van der Waals surface area contributed by atoms with Gasteiger partial charge < -0.3 is 15.0 Å². The van der Waals surface area contributed by atoms with Crippen molar-refractivity contribution in [2.75, 3.05) is 53.0 Å². The third-order valence-electron chi connectivity index (χ3n) is 4.46. The Balaban J connectivity index is 0.00000338. The molecule has 0 spiro atoms. The van der Waals surface area contributed by atoms with E-state index in [1.807, 2.05) is 0 Å². The second-order valence-electron chi connectivity index (χ2n) is 7.05. The minimum atomic E-state index is 0. The average Bonchev–Trinajstić information content (AvgIpc) is 2.61. The van der Waals surface area contributed by atoms with Gasteiger partial charge >= 0.3 is 0 Å². The lowest BCUT2D eigenvalue weighted by molar-refractivity contribution is 0.0323. The molecule has 148 valence electrons. The molecular formula is C20H35IN4O. The highest BCUT2D eigenvalue weighted by Crippen LogP contribution is 2.07. The van der Waals surface area contributed by atoms with Crippen LogP contribution in [0.5, 0.6) is 0 Å². The normalized spacial score (nSPS) is 16.7. The van der Waals surface area contributed by atoms with Crippen molar-refractivity contribution >= 4 is 29.9 Å². The fourth-order valence-electron chi connectivity index (χ4n) is 3.04. The minimum absolute atomic E-state index is 0. The van der Waals surface area contributed by atoms with Crippen LogP contribution in [-0.4, -0.2) is 68.7 Å². The maximum absolute atomic E-state index is 5.42. The molecule has 0 aromatic heterocycles. The molecule has 0 aliphatic carbocycles. The first-order valence-electron chi connectivity index (χ1n) is 9.43. The highest BCUT2D eigenvalue weighted by Gasteiger charge is 2.14. The van der Waals surface area contributed by atoms with Gasteiger partial charge in [-0.05, 0) is 25.3 Å². The van der Waals surface area contributed by atoms with E-state index in [1.165, 1.54) is 11.1 Å². The maximum atomic E-state index is 5.42. The minimum Gasteiger partial charge on any atom is -0.379 e. The highest BCUT2D eigenvalue weighted by atomic mass is 127. The third kappa shape index (κ3) is 8.22. The molecule has 0 saturated carbocycles. The van der Waals surface area contributed by atoms with E-state index in [1.54, 1.807) is 0 Å². The summed E-state index contributed by atoms with van der Waals surface area (Å²) in [5.74, 6) is 1.52. The van der Waals surface area contributed by atoms with Crippen LogP contribution in [-0.2, 0) is 11.3 Å². The quantitative estimate of drug-likeness (QED) is 0.375. The van der Waals surface area contributed by atoms with Gasteiger partial charge in [-0.1, -0.05) is 36.8 Å². The Morgan fingerprint density at radius 1 is 1.27 bits per heavy atom. The van der Waals surface area contributed by atoms with Gasteiger partial charge in [0, 0.05) is 46.3 Å². The van der Waals surface area contributed by atoms with Crippen molar-refractivity contribution in [3.63, 3.8) is 0 Å². The first-order chi connectivity index (χ1) is 12.1. The van der Waals surface area contributed by atoms with Crippen molar-refractivity contribution in [2.24, 2.45) is 10.9 Å². The van der Waals surface area contributed by atoms with Crippen molar-refractivity contribution in [1.82, 2.24) is 15.1 Å². The summed E-state index contributed by atoms with van der Waals surface area (Å²) in [6, 6.07) is 8.71. The first-order valence-corrected chi connectivity index (χ1v) is 9.43. The van der Waals surface area contributed by atoms with Gasteiger partial charge in [-0.15, -0.1) is 24.0 Å². The SMILES string of the molecule is CCNC(=NCC(C)CN1CCOCC1)N(C)Cc1ccc(C)cc1.I. The van der Waals surface area contributed by atoms with Crippen LogP contribution < -0.4 is 5.32 Å². The van der Waals surface area contributed by atoms with Gasteiger partial charge in [0.1, 0.15) is 0 Å². The molecule has 1 heterocycles. The van der Waals surface area contributed by atoms with Gasteiger partial charge in [-0.3, -0.25) is 9.89 Å². The number of halogens is 1. The zero-order chi connectivity index (χ0) is 18.1. The van der Waals surface area contributed by atoms with Crippen molar-refractivity contribution in [3.8, 4) is 0 Å². The van der Waals surface area contributed by atoms with E-state index in [0.717, 1.165) is 58.4 Å². The van der Waals surface area contributed by atoms with E-state index in [2.05, 4.69) is 67.2 Å². The predicted octanol–water partition coefficient (Wildman–Crippen LogP) is 2.98. The molecule has 1 aliphatic heterocycles. The van der Waals surface area contributed by atoms with Crippen molar-refractivity contribution in [2.45, 2.75) is 27.3 Å². The van der Waals surface area contributed by atoms with E-state index < -0.39 is 0 Å². The molecule has 1 aromatic carbocycles. The average molecular weight is 474 g/mol. The predicted molar refractivity (Wildman–Crippen MR) is 120 cm³/mol. The molecule has 1 saturated heterocycles. The van der Waals surface area contributed by atoms with E-state index in [-0.39, 0.29) is 24.0 Å². The van der Waals surface area contributed by atoms with Gasteiger partial charge in [0.25, 0.3) is 0 Å². The summed E-state index contributed by atoms with van der Waals surface area (Å²) in [5, 5.41) is 3.42. The number of ether oxygens (including phenoxy) is 1. The Morgan fingerprint density at radius 2 is 1.92 bits per heavy atom. The molecule has 1 N–H and O–H groups in total. The Hall–Kier alpha value is -0.860. The first kappa shape index (κ1) is 23.2. The van der Waals surface area contributed by atoms with Crippen LogP contribution >= 0.6 is 24.0 Å². The maximum Gasteiger partial charge on any atom is 0.193 e. The van der Waals surface area contributed by atoms with Crippen LogP contribution in [0.2, 0.25) is 0 Å². The van der Waals surface area contributed by atoms with Crippen LogP contribution in [0.1, 0.15) is 25.0 Å². The number of aryl methyl sites for hydroxylation is 1. The Morgan fingerprint density at radius 3 is 2.54 bits per heavy atom. The highest BCUT2D eigenvalue weighted by molar-refractivity contribution is 14.0. The second-order valence-corrected chi connectivity index (χ2v) is 7.05. The van der Waals surface area contributed by atoms with Crippen molar-refractivity contribution in [1.29, 1.82) is 0 Å². The molecule has 5 nitrogen and oxygen atoms in total. The van der Waals surface area contributed by atoms with Crippen LogP contribution in [0.4, 0.5) is 0 Å². The van der Waals surface area contributed by atoms with Gasteiger partial charge in [-0.25, -0.2) is 0 Å². The molecular weight excluding hydrogens is 439 g/mol. The topological polar surface area (TPSA) is 40.1 Å². The van der Waals surface area contributed by atoms with Crippen LogP contribution in [0.15, 0.2) is 29.3 Å². The second kappa shape index (κ2) is 12.5. The Labute approximate surface area is 176 Å². The summed E-state index contributed by atoms with van der Waals surface area (Å²) >= 11 is 0. The van der Waals surface area contributed by atoms with E-state index in [9.17, 15) is 0 Å². The molecule has 1 aliphatic rings. The molecule has 1 atom stereocenters. The van der Waals surface area contributed by atoms with Crippen molar-refractivity contribution in [3.05, 3.63) is 35.4 Å². The van der Waals surface area contributed by atoms with Crippen LogP contribution in [0.3, 0.4) is 0 Å². The molecule has 1 unspecified atom stereocenters. The van der Waals surface area contributed by atoms with Gasteiger partial charge in [0.2, 0.25) is 0 Å². The molecule has 2 rings (SSSR count). The summed E-state index contributed by atoms with van der Waals surface area (Å²) in [5.41, 5.74) is 2.60. The fourth-order valence-corrected chi connectivity index (χ4v) is 3.04. The van der Waals surface area contributed by atoms with E-state index in [4.69, 9.17) is 9.73 Å². The lowest BCUT2D eigenvalue weighted by Crippen LogP contribution is -2.40. The lowest BCUT2D eigenvalue weighted by atomic mass is 10.1. The summed E-state index contributed by atoms with van der Waals surface area (Å²) in [7, 11) is 2.11. The zero-order valence-corrected chi connectivity index (χ0v) is 19.0. The monoisotopic (exact) mass is 474 g/mol. The Bertz CT molecular complexity index is 529. The lowest BCUT2D eigenvalue weighted by Gasteiger charge is -2.29. The number of guanidine groups is 1. The fraction of sp³-hybridized carbons (Fsp3) is 0.650. The number of aliphatic imine (C=N–C) groups is 1. The molecule has 0 radical (unpaired) electrons. The standard InChI is InChI=1S/C20H34N4O.HI/c1-5-21-20(23(4)16-19-8-6-17(2)7-9-19)22-14-18(3)15-24-10-12-25-13-11-24;/h6-9,18H,5,10-16H2,1-4H3,(H,21,22);1H. The molecule has 1 aromatic rings. The molecule has 0 bridgehead atoms. The number of nitrogens with one attached hydrogen (secondary N) is 1. The van der Waals surface area contributed by atoms with Gasteiger partial charge in [-0.2, -0.15) is 0 Å². The number of rotatable bonds is 7. The number of hydrogen-bond donors (Lipinski definition) is 1. The molecule has 0 amide bonds. The van der Waals surface area contributed by atoms with E-state index in [0.29, 0.717) is 5.92 Å². The number of morpholine rings is 1. The molecule has 26 heavy (non-hydrogen) atoms. The van der Waals surface area contributed by atoms with Crippen LogP contribution in [0.25, 0.3) is 0 Å². The number of benzene rings is 1. The van der Waals surface area contributed by atoms with Crippen LogP contribution in [0, 0.1) is 12.8 Å². The van der Waals surface area contributed by atoms with Gasteiger partial charge in [0.15, 0.2) is 5.96 Å². The number of nitrogens with zero attached hydrogens (tertiary/aromatic N) is 3. The van der Waals surface area contributed by atoms with Crippen molar-refractivity contribution < 1.29 is 4.74 Å². The zero-order valence-electron chi connectivity index (χ0n) is 16.7. The summed E-state index contributed by atoms with van der Waals surface area (Å²) < 4.78 is 5.42. The third-order valence-corrected chi connectivity index (χ3v) is 4.46. The molecule has 1 fully saturated rings. The summed E-state index contributed by atoms with van der Waals surface area (Å²) in [6.45, 7) is 14.0. The molecule has 6 heteroatoms.